The van der Waals surface area contributed by atoms with Gasteiger partial charge in [0.1, 0.15) is 17.3 Å². The van der Waals surface area contributed by atoms with Gasteiger partial charge in [0, 0.05) is 36.0 Å². The molecule has 17 heavy (non-hydrogen) atoms. The first-order chi connectivity index (χ1) is 8.18. The van der Waals surface area contributed by atoms with Crippen molar-refractivity contribution in [3.05, 3.63) is 22.3 Å². The van der Waals surface area contributed by atoms with Crippen LogP contribution < -0.4 is 9.47 Å². The van der Waals surface area contributed by atoms with Crippen LogP contribution in [-0.2, 0) is 24.1 Å². The maximum Gasteiger partial charge on any atom is 0.134 e. The fourth-order valence-corrected chi connectivity index (χ4v) is 2.87. The van der Waals surface area contributed by atoms with Gasteiger partial charge in [-0.3, -0.25) is 4.79 Å². The molecule has 0 aliphatic carbocycles. The van der Waals surface area contributed by atoms with E-state index in [2.05, 4.69) is 6.92 Å². The summed E-state index contributed by atoms with van der Waals surface area (Å²) in [6, 6.07) is 0. The quantitative estimate of drug-likeness (QED) is 0.782. The van der Waals surface area contributed by atoms with Gasteiger partial charge in [0.15, 0.2) is 0 Å². The highest BCUT2D eigenvalue weighted by molar-refractivity contribution is 5.81. The highest BCUT2D eigenvalue weighted by Gasteiger charge is 2.29. The van der Waals surface area contributed by atoms with E-state index in [-0.39, 0.29) is 5.78 Å². The molecule has 3 heteroatoms. The molecule has 0 N–H and O–H groups in total. The maximum absolute atomic E-state index is 11.4. The summed E-state index contributed by atoms with van der Waals surface area (Å²) in [5.74, 6) is 2.15. The number of hydrogen-bond donors (Lipinski definition) is 0. The number of rotatable bonds is 2. The van der Waals surface area contributed by atoms with Crippen molar-refractivity contribution in [1.29, 1.82) is 0 Å². The molecule has 90 valence electrons. The van der Waals surface area contributed by atoms with Crippen LogP contribution in [0.4, 0.5) is 0 Å². The van der Waals surface area contributed by atoms with Crippen molar-refractivity contribution in [3.63, 3.8) is 0 Å². The van der Waals surface area contributed by atoms with Gasteiger partial charge in [-0.2, -0.15) is 0 Å². The highest BCUT2D eigenvalue weighted by Crippen LogP contribution is 2.44. The average molecular weight is 232 g/mol. The number of ketones is 1. The molecule has 1 aromatic carbocycles. The number of fused-ring (bicyclic) bond motifs is 2. The molecular formula is C14H16O3. The molecule has 2 aliphatic rings. The van der Waals surface area contributed by atoms with Crippen molar-refractivity contribution >= 4 is 5.78 Å². The van der Waals surface area contributed by atoms with Gasteiger partial charge in [0.05, 0.1) is 13.2 Å². The zero-order chi connectivity index (χ0) is 12.0. The van der Waals surface area contributed by atoms with E-state index >= 15 is 0 Å². The molecule has 2 aliphatic heterocycles. The minimum atomic E-state index is 0.181. The molecule has 3 rings (SSSR count). The molecule has 3 nitrogen and oxygen atoms in total. The summed E-state index contributed by atoms with van der Waals surface area (Å²) in [6.07, 6.45) is 2.30. The molecule has 0 aromatic heterocycles. The van der Waals surface area contributed by atoms with Crippen molar-refractivity contribution in [3.8, 4) is 11.5 Å². The number of ether oxygens (including phenoxy) is 2. The van der Waals surface area contributed by atoms with Crippen LogP contribution in [0.5, 0.6) is 11.5 Å². The fourth-order valence-electron chi connectivity index (χ4n) is 2.87. The third-order valence-corrected chi connectivity index (χ3v) is 3.60. The van der Waals surface area contributed by atoms with Crippen molar-refractivity contribution < 1.29 is 14.3 Å². The minimum absolute atomic E-state index is 0.181. The van der Waals surface area contributed by atoms with E-state index in [0.717, 1.165) is 43.1 Å². The van der Waals surface area contributed by atoms with Gasteiger partial charge >= 0.3 is 0 Å². The maximum atomic E-state index is 11.4. The molecule has 2 heterocycles. The van der Waals surface area contributed by atoms with Gasteiger partial charge in [-0.05, 0) is 19.4 Å². The van der Waals surface area contributed by atoms with Gasteiger partial charge in [-0.1, -0.05) is 0 Å². The van der Waals surface area contributed by atoms with Crippen LogP contribution >= 0.6 is 0 Å². The predicted octanol–water partition coefficient (Wildman–Crippen LogP) is 2.00. The Morgan fingerprint density at radius 1 is 1.12 bits per heavy atom. The molecule has 1 aromatic rings. The van der Waals surface area contributed by atoms with Crippen LogP contribution in [-0.4, -0.2) is 19.0 Å². The Morgan fingerprint density at radius 3 is 2.47 bits per heavy atom. The van der Waals surface area contributed by atoms with E-state index in [4.69, 9.17) is 9.47 Å². The SMILES string of the molecule is CC(=O)Cc1c2c(c(C)c3c1OCC3)OCC2. The van der Waals surface area contributed by atoms with Crippen LogP contribution in [0.3, 0.4) is 0 Å². The Hall–Kier alpha value is -1.51. The van der Waals surface area contributed by atoms with E-state index < -0.39 is 0 Å². The largest absolute Gasteiger partial charge is 0.493 e. The Morgan fingerprint density at radius 2 is 1.76 bits per heavy atom. The van der Waals surface area contributed by atoms with E-state index in [1.54, 1.807) is 6.92 Å². The number of carbonyl (C=O) groups excluding carboxylic acids is 1. The monoisotopic (exact) mass is 232 g/mol. The van der Waals surface area contributed by atoms with E-state index in [1.165, 1.54) is 16.7 Å². The Bertz CT molecular complexity index is 468. The molecule has 0 spiro atoms. The number of carbonyl (C=O) groups is 1. The summed E-state index contributed by atoms with van der Waals surface area (Å²) >= 11 is 0. The number of benzene rings is 1. The molecule has 0 saturated heterocycles. The predicted molar refractivity (Wildman–Crippen MR) is 64.0 cm³/mol. The average Bonchev–Trinajstić information content (AvgIpc) is 2.92. The van der Waals surface area contributed by atoms with Crippen LogP contribution in [0.1, 0.15) is 29.2 Å². The van der Waals surface area contributed by atoms with E-state index in [1.807, 2.05) is 0 Å². The zero-order valence-electron chi connectivity index (χ0n) is 10.3. The summed E-state index contributed by atoms with van der Waals surface area (Å²) in [5, 5.41) is 0. The topological polar surface area (TPSA) is 35.5 Å². The standard InChI is InChI=1S/C14H16O3/c1-8(15)7-12-11-4-6-16-13(11)9(2)10-3-5-17-14(10)12/h3-7H2,1-2H3. The summed E-state index contributed by atoms with van der Waals surface area (Å²) < 4.78 is 11.4. The first-order valence-electron chi connectivity index (χ1n) is 6.10. The van der Waals surface area contributed by atoms with Crippen LogP contribution in [0.2, 0.25) is 0 Å². The summed E-state index contributed by atoms with van der Waals surface area (Å²) in [5.41, 5.74) is 4.71. The smallest absolute Gasteiger partial charge is 0.134 e. The molecule has 0 radical (unpaired) electrons. The molecule has 0 atom stereocenters. The zero-order valence-corrected chi connectivity index (χ0v) is 10.3. The first kappa shape index (κ1) is 10.6. The summed E-state index contributed by atoms with van der Waals surface area (Å²) in [7, 11) is 0. The van der Waals surface area contributed by atoms with Crippen molar-refractivity contribution in [2.24, 2.45) is 0 Å². The molecular weight excluding hydrogens is 216 g/mol. The van der Waals surface area contributed by atoms with E-state index in [9.17, 15) is 4.79 Å². The normalized spacial score (nSPS) is 16.1. The molecule has 0 amide bonds. The van der Waals surface area contributed by atoms with Crippen LogP contribution in [0.25, 0.3) is 0 Å². The molecule has 0 saturated carbocycles. The van der Waals surface area contributed by atoms with Crippen molar-refractivity contribution in [2.45, 2.75) is 33.1 Å². The lowest BCUT2D eigenvalue weighted by Crippen LogP contribution is -2.04. The highest BCUT2D eigenvalue weighted by atomic mass is 16.5. The van der Waals surface area contributed by atoms with Gasteiger partial charge in [0.2, 0.25) is 0 Å². The number of Topliss-reactive ketones (excluding diaryl/α,β-unsaturated/α-hetero) is 1. The van der Waals surface area contributed by atoms with Crippen molar-refractivity contribution in [2.75, 3.05) is 13.2 Å². The fraction of sp³-hybridized carbons (Fsp3) is 0.500. The second-order valence-corrected chi connectivity index (χ2v) is 4.79. The lowest BCUT2D eigenvalue weighted by atomic mass is 9.92. The minimum Gasteiger partial charge on any atom is -0.493 e. The third-order valence-electron chi connectivity index (χ3n) is 3.60. The Balaban J connectivity index is 2.22. The lowest BCUT2D eigenvalue weighted by Gasteiger charge is -2.14. The lowest BCUT2D eigenvalue weighted by molar-refractivity contribution is -0.116. The van der Waals surface area contributed by atoms with Gasteiger partial charge in [-0.25, -0.2) is 0 Å². The molecule has 0 fully saturated rings. The Kier molecular flexibility index (Phi) is 2.35. The van der Waals surface area contributed by atoms with E-state index in [0.29, 0.717) is 6.42 Å². The van der Waals surface area contributed by atoms with Gasteiger partial charge < -0.3 is 9.47 Å². The van der Waals surface area contributed by atoms with Gasteiger partial charge in [-0.15, -0.1) is 0 Å². The molecule has 0 bridgehead atoms. The summed E-state index contributed by atoms with van der Waals surface area (Å²) in [4.78, 5) is 11.4. The Labute approximate surface area is 101 Å². The van der Waals surface area contributed by atoms with Gasteiger partial charge in [0.25, 0.3) is 0 Å². The third kappa shape index (κ3) is 1.53. The second-order valence-electron chi connectivity index (χ2n) is 4.79. The summed E-state index contributed by atoms with van der Waals surface area (Å²) in [6.45, 7) is 5.17. The van der Waals surface area contributed by atoms with Crippen LogP contribution in [0, 0.1) is 6.92 Å². The first-order valence-corrected chi connectivity index (χ1v) is 6.10. The number of hydrogen-bond acceptors (Lipinski definition) is 3. The van der Waals surface area contributed by atoms with Crippen LogP contribution in [0.15, 0.2) is 0 Å². The van der Waals surface area contributed by atoms with Crippen molar-refractivity contribution in [1.82, 2.24) is 0 Å². The second kappa shape index (κ2) is 3.76. The molecule has 0 unspecified atom stereocenters.